The third kappa shape index (κ3) is 3.30. The molecule has 0 unspecified atom stereocenters. The standard InChI is InChI=1S/C20H17N3O3/c24-16-8-4-5-14(9-16)12-23-13-22-19(15-6-2-1-3-7-15)18(23)10-17-11-21-20(25)26-17/h1-9,11,13,24H,10,12H2,(H,21,25). The van der Waals surface area contributed by atoms with Crippen molar-refractivity contribution < 1.29 is 9.52 Å². The molecule has 0 atom stereocenters. The predicted octanol–water partition coefficient (Wildman–Crippen LogP) is 3.18. The number of aromatic amines is 1. The Labute approximate surface area is 149 Å². The summed E-state index contributed by atoms with van der Waals surface area (Å²) in [4.78, 5) is 18.4. The molecule has 2 aromatic carbocycles. The van der Waals surface area contributed by atoms with Gasteiger partial charge in [0.15, 0.2) is 0 Å². The molecule has 0 bridgehead atoms. The van der Waals surface area contributed by atoms with Crippen molar-refractivity contribution in [3.8, 4) is 17.0 Å². The van der Waals surface area contributed by atoms with E-state index >= 15 is 0 Å². The van der Waals surface area contributed by atoms with Crippen molar-refractivity contribution in [2.75, 3.05) is 0 Å². The number of imidazole rings is 1. The smallest absolute Gasteiger partial charge is 0.416 e. The summed E-state index contributed by atoms with van der Waals surface area (Å²) in [6.45, 7) is 0.554. The summed E-state index contributed by atoms with van der Waals surface area (Å²) in [5, 5.41) is 9.70. The Morgan fingerprint density at radius 1 is 1.12 bits per heavy atom. The molecule has 0 aliphatic rings. The number of oxazole rings is 1. The van der Waals surface area contributed by atoms with E-state index < -0.39 is 5.76 Å². The zero-order valence-corrected chi connectivity index (χ0v) is 13.9. The van der Waals surface area contributed by atoms with Crippen LogP contribution in [0.2, 0.25) is 0 Å². The minimum atomic E-state index is -0.472. The molecule has 0 aliphatic heterocycles. The molecule has 0 aliphatic carbocycles. The molecule has 2 N–H and O–H groups in total. The molecule has 0 saturated heterocycles. The third-order valence-corrected chi connectivity index (χ3v) is 4.17. The first kappa shape index (κ1) is 16.0. The second-order valence-corrected chi connectivity index (χ2v) is 6.02. The van der Waals surface area contributed by atoms with E-state index in [1.165, 1.54) is 0 Å². The maximum atomic E-state index is 11.3. The van der Waals surface area contributed by atoms with Gasteiger partial charge in [-0.1, -0.05) is 42.5 Å². The highest BCUT2D eigenvalue weighted by Gasteiger charge is 2.15. The Balaban J connectivity index is 1.75. The van der Waals surface area contributed by atoms with E-state index in [9.17, 15) is 9.90 Å². The van der Waals surface area contributed by atoms with Gasteiger partial charge in [-0.2, -0.15) is 0 Å². The van der Waals surface area contributed by atoms with E-state index in [2.05, 4.69) is 9.97 Å². The molecule has 2 aromatic heterocycles. The number of phenols is 1. The van der Waals surface area contributed by atoms with Crippen molar-refractivity contribution in [1.29, 1.82) is 0 Å². The summed E-state index contributed by atoms with van der Waals surface area (Å²) in [5.41, 5.74) is 3.73. The van der Waals surface area contributed by atoms with Crippen molar-refractivity contribution in [1.82, 2.24) is 14.5 Å². The van der Waals surface area contributed by atoms with Crippen LogP contribution in [0.5, 0.6) is 5.75 Å². The molecule has 0 fully saturated rings. The summed E-state index contributed by atoms with van der Waals surface area (Å²) >= 11 is 0. The average Bonchev–Trinajstić information content (AvgIpc) is 3.23. The van der Waals surface area contributed by atoms with Gasteiger partial charge in [0.25, 0.3) is 0 Å². The lowest BCUT2D eigenvalue weighted by molar-refractivity contribution is 0.472. The average molecular weight is 347 g/mol. The number of phenolic OH excluding ortho intramolecular Hbond substituents is 1. The van der Waals surface area contributed by atoms with Gasteiger partial charge < -0.3 is 14.1 Å². The number of aromatic hydroxyl groups is 1. The maximum Gasteiger partial charge on any atom is 0.416 e. The van der Waals surface area contributed by atoms with Gasteiger partial charge in [-0.25, -0.2) is 9.78 Å². The van der Waals surface area contributed by atoms with E-state index in [4.69, 9.17) is 4.42 Å². The molecule has 26 heavy (non-hydrogen) atoms. The molecule has 6 heteroatoms. The molecular weight excluding hydrogens is 330 g/mol. The van der Waals surface area contributed by atoms with Gasteiger partial charge in [0.1, 0.15) is 11.5 Å². The number of aromatic nitrogens is 3. The fourth-order valence-corrected chi connectivity index (χ4v) is 2.99. The quantitative estimate of drug-likeness (QED) is 0.581. The van der Waals surface area contributed by atoms with Crippen LogP contribution in [0, 0.1) is 0 Å². The van der Waals surface area contributed by atoms with E-state index in [0.717, 1.165) is 22.5 Å². The fraction of sp³-hybridized carbons (Fsp3) is 0.100. The van der Waals surface area contributed by atoms with E-state index in [1.54, 1.807) is 24.7 Å². The largest absolute Gasteiger partial charge is 0.508 e. The molecule has 2 heterocycles. The maximum absolute atomic E-state index is 11.3. The van der Waals surface area contributed by atoms with Gasteiger partial charge in [-0.05, 0) is 17.7 Å². The SMILES string of the molecule is O=c1[nH]cc(Cc2c(-c3ccccc3)ncn2Cc2cccc(O)c2)o1. The number of hydrogen-bond donors (Lipinski definition) is 2. The van der Waals surface area contributed by atoms with Crippen molar-refractivity contribution >= 4 is 0 Å². The van der Waals surface area contributed by atoms with E-state index in [0.29, 0.717) is 18.7 Å². The first-order valence-electron chi connectivity index (χ1n) is 8.24. The Bertz CT molecular complexity index is 1080. The minimum absolute atomic E-state index is 0.226. The van der Waals surface area contributed by atoms with Crippen LogP contribution in [0.25, 0.3) is 11.3 Å². The van der Waals surface area contributed by atoms with E-state index in [-0.39, 0.29) is 5.75 Å². The van der Waals surface area contributed by atoms with Crippen LogP contribution in [0.3, 0.4) is 0 Å². The van der Waals surface area contributed by atoms with Crippen molar-refractivity contribution in [2.24, 2.45) is 0 Å². The normalized spacial score (nSPS) is 10.9. The van der Waals surface area contributed by atoms with Gasteiger partial charge in [0.2, 0.25) is 0 Å². The lowest BCUT2D eigenvalue weighted by Gasteiger charge is -2.10. The van der Waals surface area contributed by atoms with Crippen LogP contribution < -0.4 is 5.76 Å². The van der Waals surface area contributed by atoms with E-state index in [1.807, 2.05) is 47.0 Å². The second kappa shape index (κ2) is 6.76. The van der Waals surface area contributed by atoms with Crippen molar-refractivity contribution in [2.45, 2.75) is 13.0 Å². The van der Waals surface area contributed by atoms with Crippen LogP contribution >= 0.6 is 0 Å². The van der Waals surface area contributed by atoms with Crippen LogP contribution in [-0.4, -0.2) is 19.6 Å². The summed E-state index contributed by atoms with van der Waals surface area (Å²) in [6.07, 6.45) is 3.77. The molecular formula is C20H17N3O3. The lowest BCUT2D eigenvalue weighted by atomic mass is 10.1. The predicted molar refractivity (Wildman–Crippen MR) is 97.0 cm³/mol. The van der Waals surface area contributed by atoms with Crippen molar-refractivity contribution in [3.05, 3.63) is 94.7 Å². The number of benzene rings is 2. The first-order valence-corrected chi connectivity index (χ1v) is 8.24. The topological polar surface area (TPSA) is 84.0 Å². The minimum Gasteiger partial charge on any atom is -0.508 e. The van der Waals surface area contributed by atoms with Crippen LogP contribution in [0.15, 0.2) is 76.3 Å². The zero-order chi connectivity index (χ0) is 17.9. The first-order chi connectivity index (χ1) is 12.7. The van der Waals surface area contributed by atoms with Gasteiger partial charge in [-0.3, -0.25) is 4.98 Å². The molecule has 0 spiro atoms. The van der Waals surface area contributed by atoms with Gasteiger partial charge in [0.05, 0.1) is 24.1 Å². The molecule has 4 rings (SSSR count). The van der Waals surface area contributed by atoms with Crippen LogP contribution in [-0.2, 0) is 13.0 Å². The Morgan fingerprint density at radius 2 is 1.96 bits per heavy atom. The molecule has 4 aromatic rings. The number of H-pyrrole nitrogens is 1. The Kier molecular flexibility index (Phi) is 4.15. The number of hydrogen-bond acceptors (Lipinski definition) is 4. The molecule has 0 radical (unpaired) electrons. The van der Waals surface area contributed by atoms with Crippen LogP contribution in [0.4, 0.5) is 0 Å². The number of nitrogens with zero attached hydrogens (tertiary/aromatic N) is 2. The summed E-state index contributed by atoms with van der Waals surface area (Å²) in [5.74, 6) is 0.300. The highest BCUT2D eigenvalue weighted by molar-refractivity contribution is 5.62. The molecule has 130 valence electrons. The van der Waals surface area contributed by atoms with Gasteiger partial charge in [-0.15, -0.1) is 0 Å². The number of rotatable bonds is 5. The highest BCUT2D eigenvalue weighted by Crippen LogP contribution is 2.25. The fourth-order valence-electron chi connectivity index (χ4n) is 2.99. The monoisotopic (exact) mass is 347 g/mol. The van der Waals surface area contributed by atoms with Gasteiger partial charge >= 0.3 is 5.76 Å². The molecule has 0 saturated carbocycles. The summed E-state index contributed by atoms with van der Waals surface area (Å²) in [7, 11) is 0. The molecule has 0 amide bonds. The van der Waals surface area contributed by atoms with Crippen molar-refractivity contribution in [3.63, 3.8) is 0 Å². The Hall–Kier alpha value is -3.54. The zero-order valence-electron chi connectivity index (χ0n) is 13.9. The number of nitrogens with one attached hydrogen (secondary N) is 1. The second-order valence-electron chi connectivity index (χ2n) is 6.02. The Morgan fingerprint density at radius 3 is 2.69 bits per heavy atom. The highest BCUT2D eigenvalue weighted by atomic mass is 16.4. The molecule has 6 nitrogen and oxygen atoms in total. The lowest BCUT2D eigenvalue weighted by Crippen LogP contribution is -2.05. The summed E-state index contributed by atoms with van der Waals surface area (Å²) in [6, 6.07) is 17.0. The van der Waals surface area contributed by atoms with Crippen LogP contribution in [0.1, 0.15) is 17.0 Å². The third-order valence-electron chi connectivity index (χ3n) is 4.17. The summed E-state index contributed by atoms with van der Waals surface area (Å²) < 4.78 is 7.18. The van der Waals surface area contributed by atoms with Gasteiger partial charge in [0, 0.05) is 18.3 Å².